The fraction of sp³-hybridized carbons (Fsp3) is 0.346. The third kappa shape index (κ3) is 5.68. The molecule has 39 heavy (non-hydrogen) atoms. The maximum absolute atomic E-state index is 13.8. The van der Waals surface area contributed by atoms with Crippen molar-refractivity contribution in [3.63, 3.8) is 0 Å². The number of nitrogens with zero attached hydrogens (tertiary/aromatic N) is 6. The van der Waals surface area contributed by atoms with E-state index in [1.54, 1.807) is 67.2 Å². The van der Waals surface area contributed by atoms with Gasteiger partial charge in [0.05, 0.1) is 26.6 Å². The van der Waals surface area contributed by atoms with Gasteiger partial charge in [-0.3, -0.25) is 4.57 Å². The number of rotatable bonds is 11. The van der Waals surface area contributed by atoms with Crippen LogP contribution in [0.1, 0.15) is 30.2 Å². The first-order valence-corrected chi connectivity index (χ1v) is 13.7. The highest BCUT2D eigenvalue weighted by atomic mass is 32.2. The van der Waals surface area contributed by atoms with Crippen molar-refractivity contribution in [2.24, 2.45) is 0 Å². The number of methoxy groups -OCH3 is 4. The van der Waals surface area contributed by atoms with Crippen molar-refractivity contribution < 1.29 is 27.4 Å². The number of benzene rings is 1. The summed E-state index contributed by atoms with van der Waals surface area (Å²) in [6.07, 6.45) is 2.33. The summed E-state index contributed by atoms with van der Waals surface area (Å²) in [5.74, 6) is 1.75. The maximum Gasteiger partial charge on any atom is 0.213 e. The second-order valence-corrected chi connectivity index (χ2v) is 10.9. The van der Waals surface area contributed by atoms with E-state index in [-0.39, 0.29) is 11.6 Å². The van der Waals surface area contributed by atoms with Crippen LogP contribution in [-0.2, 0) is 20.3 Å². The molecule has 0 spiro atoms. The number of ether oxygens (including phenoxy) is 4. The highest BCUT2D eigenvalue weighted by Gasteiger charge is 2.34. The first-order valence-electron chi connectivity index (χ1n) is 11.9. The molecule has 0 fully saturated rings. The molecular formula is C26H30N6O6S. The molecule has 3 heterocycles. The van der Waals surface area contributed by atoms with E-state index >= 15 is 0 Å². The van der Waals surface area contributed by atoms with E-state index in [1.165, 1.54) is 28.4 Å². The summed E-state index contributed by atoms with van der Waals surface area (Å²) in [4.78, 5) is 12.8. The molecule has 3 aromatic heterocycles. The average Bonchev–Trinajstić information content (AvgIpc) is 3.35. The van der Waals surface area contributed by atoms with Crippen LogP contribution >= 0.6 is 0 Å². The average molecular weight is 555 g/mol. The summed E-state index contributed by atoms with van der Waals surface area (Å²) in [7, 11) is 2.11. The van der Waals surface area contributed by atoms with Gasteiger partial charge in [-0.1, -0.05) is 12.1 Å². The number of para-hydroxylation sites is 1. The maximum atomic E-state index is 13.8. The minimum atomic E-state index is -3.86. The highest BCUT2D eigenvalue weighted by molar-refractivity contribution is 7.91. The molecule has 0 unspecified atom stereocenters. The standard InChI is InChI=1S/C26H30N6O6S/c1-16(25(38-6)18-13-27-17(2)28-14-18)39(33,34)15-22-30-31-26(19-9-7-12-23(29-19)37-5)32(22)24-20(35-3)10-8-11-21(24)36-4/h7-14,16,25H,15H2,1-6H3/t16-,25-/m0/s1. The quantitative estimate of drug-likeness (QED) is 0.270. The lowest BCUT2D eigenvalue weighted by Gasteiger charge is -2.23. The Morgan fingerprint density at radius 2 is 1.54 bits per heavy atom. The largest absolute Gasteiger partial charge is 0.494 e. The normalized spacial score (nSPS) is 13.1. The topological polar surface area (TPSA) is 140 Å². The van der Waals surface area contributed by atoms with Gasteiger partial charge in [-0.05, 0) is 32.0 Å². The molecule has 13 heteroatoms. The number of sulfone groups is 1. The van der Waals surface area contributed by atoms with Gasteiger partial charge in [0.15, 0.2) is 21.5 Å². The Bertz CT molecular complexity index is 1520. The minimum absolute atomic E-state index is 0.138. The first-order chi connectivity index (χ1) is 18.7. The molecule has 1 aromatic carbocycles. The van der Waals surface area contributed by atoms with Crippen LogP contribution in [0.5, 0.6) is 17.4 Å². The van der Waals surface area contributed by atoms with Gasteiger partial charge in [-0.15, -0.1) is 10.2 Å². The van der Waals surface area contributed by atoms with Crippen molar-refractivity contribution >= 4 is 9.84 Å². The first kappa shape index (κ1) is 27.9. The molecule has 4 rings (SSSR count). The Hall–Kier alpha value is -4.10. The molecule has 12 nitrogen and oxygen atoms in total. The second kappa shape index (κ2) is 11.7. The van der Waals surface area contributed by atoms with Crippen LogP contribution in [-0.4, -0.2) is 71.8 Å². The molecule has 0 saturated carbocycles. The van der Waals surface area contributed by atoms with Crippen LogP contribution in [0.25, 0.3) is 17.2 Å². The fourth-order valence-electron chi connectivity index (χ4n) is 4.16. The summed E-state index contributed by atoms with van der Waals surface area (Å²) in [5, 5.41) is 7.66. The third-order valence-electron chi connectivity index (χ3n) is 6.22. The van der Waals surface area contributed by atoms with Crippen molar-refractivity contribution in [1.82, 2.24) is 29.7 Å². The van der Waals surface area contributed by atoms with E-state index in [4.69, 9.17) is 18.9 Å². The molecule has 0 radical (unpaired) electrons. The van der Waals surface area contributed by atoms with Crippen LogP contribution in [0, 0.1) is 6.92 Å². The van der Waals surface area contributed by atoms with Gasteiger partial charge >= 0.3 is 0 Å². The van der Waals surface area contributed by atoms with Gasteiger partial charge in [0.2, 0.25) is 5.88 Å². The van der Waals surface area contributed by atoms with E-state index in [2.05, 4.69) is 25.1 Å². The lowest BCUT2D eigenvalue weighted by molar-refractivity contribution is 0.102. The Balaban J connectivity index is 1.85. The molecule has 2 atom stereocenters. The molecule has 0 aliphatic heterocycles. The van der Waals surface area contributed by atoms with E-state index in [0.29, 0.717) is 40.1 Å². The van der Waals surface area contributed by atoms with Crippen molar-refractivity contribution in [3.05, 3.63) is 66.0 Å². The summed E-state index contributed by atoms with van der Waals surface area (Å²) in [6.45, 7) is 3.33. The Morgan fingerprint density at radius 1 is 0.897 bits per heavy atom. The third-order valence-corrected chi connectivity index (χ3v) is 8.26. The fourth-order valence-corrected chi connectivity index (χ4v) is 5.62. The Kier molecular flexibility index (Phi) is 8.41. The number of hydrogen-bond acceptors (Lipinski definition) is 11. The van der Waals surface area contributed by atoms with Crippen molar-refractivity contribution in [2.75, 3.05) is 28.4 Å². The number of aryl methyl sites for hydroxylation is 1. The molecule has 0 bridgehead atoms. The summed E-state index contributed by atoms with van der Waals surface area (Å²) < 4.78 is 51.2. The van der Waals surface area contributed by atoms with Crippen LogP contribution in [0.3, 0.4) is 0 Å². The smallest absolute Gasteiger partial charge is 0.213 e. The van der Waals surface area contributed by atoms with Gasteiger partial charge in [0, 0.05) is 31.1 Å². The van der Waals surface area contributed by atoms with Crippen LogP contribution in [0.2, 0.25) is 0 Å². The molecular weight excluding hydrogens is 524 g/mol. The molecule has 0 saturated heterocycles. The van der Waals surface area contributed by atoms with E-state index in [9.17, 15) is 8.42 Å². The molecule has 206 valence electrons. The van der Waals surface area contributed by atoms with Crippen molar-refractivity contribution in [3.8, 4) is 34.6 Å². The lowest BCUT2D eigenvalue weighted by Crippen LogP contribution is -2.29. The van der Waals surface area contributed by atoms with Gasteiger partial charge in [-0.2, -0.15) is 0 Å². The van der Waals surface area contributed by atoms with E-state index in [0.717, 1.165) is 0 Å². The van der Waals surface area contributed by atoms with Gasteiger partial charge < -0.3 is 18.9 Å². The molecule has 0 N–H and O–H groups in total. The highest BCUT2D eigenvalue weighted by Crippen LogP contribution is 2.37. The van der Waals surface area contributed by atoms with Crippen LogP contribution in [0.15, 0.2) is 48.8 Å². The minimum Gasteiger partial charge on any atom is -0.494 e. The SMILES string of the molecule is COc1cccc(-c2nnc(CS(=O)(=O)[C@@H](C)[C@H](OC)c3cnc(C)nc3)n2-c2c(OC)cccc2OC)n1. The zero-order valence-electron chi connectivity index (χ0n) is 22.5. The van der Waals surface area contributed by atoms with Crippen LogP contribution in [0.4, 0.5) is 0 Å². The van der Waals surface area contributed by atoms with Crippen molar-refractivity contribution in [1.29, 1.82) is 0 Å². The molecule has 4 aromatic rings. The number of hydrogen-bond donors (Lipinski definition) is 0. The van der Waals surface area contributed by atoms with Gasteiger partial charge in [0.1, 0.15) is 40.6 Å². The number of pyridine rings is 1. The Labute approximate surface area is 226 Å². The number of aromatic nitrogens is 6. The van der Waals surface area contributed by atoms with E-state index in [1.807, 2.05) is 0 Å². The molecule has 0 aliphatic rings. The van der Waals surface area contributed by atoms with Crippen LogP contribution < -0.4 is 14.2 Å². The van der Waals surface area contributed by atoms with Gasteiger partial charge in [0.25, 0.3) is 0 Å². The zero-order valence-corrected chi connectivity index (χ0v) is 23.3. The Morgan fingerprint density at radius 3 is 2.13 bits per heavy atom. The second-order valence-electron chi connectivity index (χ2n) is 8.58. The van der Waals surface area contributed by atoms with E-state index < -0.39 is 26.9 Å². The summed E-state index contributed by atoms with van der Waals surface area (Å²) >= 11 is 0. The summed E-state index contributed by atoms with van der Waals surface area (Å²) in [6, 6.07) is 10.4. The summed E-state index contributed by atoms with van der Waals surface area (Å²) in [5.41, 5.74) is 1.39. The monoisotopic (exact) mass is 554 g/mol. The van der Waals surface area contributed by atoms with Crippen molar-refractivity contribution in [2.45, 2.75) is 31.0 Å². The molecule has 0 amide bonds. The molecule has 0 aliphatic carbocycles. The lowest BCUT2D eigenvalue weighted by atomic mass is 10.1. The predicted octanol–water partition coefficient (Wildman–Crippen LogP) is 3.14. The zero-order chi connectivity index (χ0) is 28.2. The predicted molar refractivity (Wildman–Crippen MR) is 143 cm³/mol. The van der Waals surface area contributed by atoms with Gasteiger partial charge in [-0.25, -0.2) is 23.4 Å².